The third-order valence-corrected chi connectivity index (χ3v) is 3.49. The molecule has 1 fully saturated rings. The molecule has 17 heavy (non-hydrogen) atoms. The Kier molecular flexibility index (Phi) is 5.58. The summed E-state index contributed by atoms with van der Waals surface area (Å²) < 4.78 is 0. The molecule has 2 unspecified atom stereocenters. The fraction of sp³-hybridized carbons (Fsp3) is 0.833. The van der Waals surface area contributed by atoms with E-state index >= 15 is 0 Å². The van der Waals surface area contributed by atoms with Gasteiger partial charge in [-0.05, 0) is 19.8 Å². The van der Waals surface area contributed by atoms with Crippen molar-refractivity contribution < 1.29 is 9.59 Å². The number of hydrogen-bond acceptors (Lipinski definition) is 4. The smallest absolute Gasteiger partial charge is 0.240 e. The number of carbonyl (C=O) groups is 2. The van der Waals surface area contributed by atoms with Gasteiger partial charge in [0.15, 0.2) is 0 Å². The standard InChI is InChI=1S/C12H23N3O2/c1-9(16)10-5-3-4-6-11(10)12(17)15(14-2)8-7-13/h10-11,14H,3-8,13H2,1-2H3. The highest BCUT2D eigenvalue weighted by molar-refractivity contribution is 5.87. The van der Waals surface area contributed by atoms with Crippen LogP contribution in [0.2, 0.25) is 0 Å². The molecule has 1 aliphatic rings. The highest BCUT2D eigenvalue weighted by Gasteiger charge is 2.35. The fourth-order valence-electron chi connectivity index (χ4n) is 2.57. The van der Waals surface area contributed by atoms with E-state index in [1.807, 2.05) is 0 Å². The molecule has 0 radical (unpaired) electrons. The van der Waals surface area contributed by atoms with Crippen molar-refractivity contribution in [1.29, 1.82) is 0 Å². The van der Waals surface area contributed by atoms with Crippen LogP contribution in [0.15, 0.2) is 0 Å². The number of rotatable bonds is 5. The Morgan fingerprint density at radius 2 is 1.88 bits per heavy atom. The number of amides is 1. The van der Waals surface area contributed by atoms with E-state index in [2.05, 4.69) is 5.43 Å². The van der Waals surface area contributed by atoms with Gasteiger partial charge < -0.3 is 5.73 Å². The largest absolute Gasteiger partial charge is 0.329 e. The monoisotopic (exact) mass is 241 g/mol. The lowest BCUT2D eigenvalue weighted by molar-refractivity contribution is -0.144. The van der Waals surface area contributed by atoms with Crippen molar-refractivity contribution in [1.82, 2.24) is 10.4 Å². The first-order chi connectivity index (χ1) is 8.11. The third kappa shape index (κ3) is 3.51. The molecular formula is C12H23N3O2. The maximum Gasteiger partial charge on any atom is 0.240 e. The van der Waals surface area contributed by atoms with Gasteiger partial charge >= 0.3 is 0 Å². The number of ketones is 1. The van der Waals surface area contributed by atoms with Crippen LogP contribution in [-0.4, -0.2) is 36.8 Å². The second kappa shape index (κ2) is 6.71. The predicted molar refractivity (Wildman–Crippen MR) is 66.0 cm³/mol. The van der Waals surface area contributed by atoms with E-state index in [1.54, 1.807) is 14.0 Å². The van der Waals surface area contributed by atoms with Gasteiger partial charge in [-0.3, -0.25) is 14.6 Å². The van der Waals surface area contributed by atoms with Gasteiger partial charge in [0.2, 0.25) is 5.91 Å². The van der Waals surface area contributed by atoms with Gasteiger partial charge in [-0.1, -0.05) is 12.8 Å². The average Bonchev–Trinajstić information content (AvgIpc) is 2.35. The fourth-order valence-corrected chi connectivity index (χ4v) is 2.57. The predicted octanol–water partition coefficient (Wildman–Crippen LogP) is 0.303. The zero-order valence-electron chi connectivity index (χ0n) is 10.7. The molecule has 3 N–H and O–H groups in total. The van der Waals surface area contributed by atoms with Gasteiger partial charge in [-0.25, -0.2) is 5.43 Å². The van der Waals surface area contributed by atoms with Gasteiger partial charge in [0.1, 0.15) is 5.78 Å². The second-order valence-corrected chi connectivity index (χ2v) is 4.61. The maximum atomic E-state index is 12.3. The molecule has 5 nitrogen and oxygen atoms in total. The van der Waals surface area contributed by atoms with Crippen molar-refractivity contribution in [3.8, 4) is 0 Å². The highest BCUT2D eigenvalue weighted by atomic mass is 16.2. The Balaban J connectivity index is 2.73. The SMILES string of the molecule is CNN(CCN)C(=O)C1CCCCC1C(C)=O. The minimum Gasteiger partial charge on any atom is -0.329 e. The van der Waals surface area contributed by atoms with E-state index in [0.29, 0.717) is 13.1 Å². The molecule has 1 amide bonds. The Labute approximate surface area is 103 Å². The van der Waals surface area contributed by atoms with Crippen LogP contribution in [0.4, 0.5) is 0 Å². The summed E-state index contributed by atoms with van der Waals surface area (Å²) in [5.41, 5.74) is 8.32. The summed E-state index contributed by atoms with van der Waals surface area (Å²) in [5.74, 6) is -0.130. The maximum absolute atomic E-state index is 12.3. The van der Waals surface area contributed by atoms with E-state index in [4.69, 9.17) is 5.73 Å². The summed E-state index contributed by atoms with van der Waals surface area (Å²) in [7, 11) is 1.71. The van der Waals surface area contributed by atoms with Crippen LogP contribution in [0.1, 0.15) is 32.6 Å². The lowest BCUT2D eigenvalue weighted by Gasteiger charge is -2.33. The van der Waals surface area contributed by atoms with Crippen LogP contribution < -0.4 is 11.2 Å². The second-order valence-electron chi connectivity index (χ2n) is 4.61. The van der Waals surface area contributed by atoms with Crippen molar-refractivity contribution in [3.05, 3.63) is 0 Å². The molecule has 0 bridgehead atoms. The number of carbonyl (C=O) groups excluding carboxylic acids is 2. The van der Waals surface area contributed by atoms with Crippen LogP contribution in [0.25, 0.3) is 0 Å². The first kappa shape index (κ1) is 14.1. The van der Waals surface area contributed by atoms with Crippen LogP contribution in [0.5, 0.6) is 0 Å². The van der Waals surface area contributed by atoms with Crippen molar-refractivity contribution >= 4 is 11.7 Å². The molecule has 0 heterocycles. The molecule has 0 aromatic heterocycles. The zero-order valence-corrected chi connectivity index (χ0v) is 10.7. The quantitative estimate of drug-likeness (QED) is 0.679. The molecule has 98 valence electrons. The zero-order chi connectivity index (χ0) is 12.8. The summed E-state index contributed by atoms with van der Waals surface area (Å²) in [6.45, 7) is 2.49. The minimum atomic E-state index is -0.166. The highest BCUT2D eigenvalue weighted by Crippen LogP contribution is 2.31. The first-order valence-corrected chi connectivity index (χ1v) is 6.31. The summed E-state index contributed by atoms with van der Waals surface area (Å²) in [5, 5.41) is 1.53. The lowest BCUT2D eigenvalue weighted by atomic mass is 9.76. The van der Waals surface area contributed by atoms with Crippen molar-refractivity contribution in [2.24, 2.45) is 17.6 Å². The van der Waals surface area contributed by atoms with Gasteiger partial charge in [0.25, 0.3) is 0 Å². The molecule has 0 saturated heterocycles. The van der Waals surface area contributed by atoms with Crippen LogP contribution in [0, 0.1) is 11.8 Å². The van der Waals surface area contributed by atoms with Crippen LogP contribution >= 0.6 is 0 Å². The molecule has 0 aromatic rings. The van der Waals surface area contributed by atoms with E-state index in [9.17, 15) is 9.59 Å². The normalized spacial score (nSPS) is 24.4. The van der Waals surface area contributed by atoms with Crippen molar-refractivity contribution in [2.45, 2.75) is 32.6 Å². The number of hydrazine groups is 1. The molecule has 2 atom stereocenters. The van der Waals surface area contributed by atoms with Crippen molar-refractivity contribution in [3.63, 3.8) is 0 Å². The van der Waals surface area contributed by atoms with Gasteiger partial charge in [-0.2, -0.15) is 0 Å². The Bertz CT molecular complexity index is 281. The Hall–Kier alpha value is -0.940. The van der Waals surface area contributed by atoms with Crippen molar-refractivity contribution in [2.75, 3.05) is 20.1 Å². The number of nitrogens with zero attached hydrogens (tertiary/aromatic N) is 1. The number of nitrogens with one attached hydrogen (secondary N) is 1. The Morgan fingerprint density at radius 3 is 2.35 bits per heavy atom. The average molecular weight is 241 g/mol. The summed E-state index contributed by atoms with van der Waals surface area (Å²) >= 11 is 0. The van der Waals surface area contributed by atoms with Crippen LogP contribution in [-0.2, 0) is 9.59 Å². The van der Waals surface area contributed by atoms with E-state index in [1.165, 1.54) is 5.01 Å². The summed E-state index contributed by atoms with van der Waals surface area (Å²) in [6.07, 6.45) is 3.72. The lowest BCUT2D eigenvalue weighted by Crippen LogP contribution is -2.49. The topological polar surface area (TPSA) is 75.4 Å². The Morgan fingerprint density at radius 1 is 1.29 bits per heavy atom. The molecule has 1 saturated carbocycles. The molecule has 1 aliphatic carbocycles. The number of hydrogen-bond donors (Lipinski definition) is 2. The number of nitrogens with two attached hydrogens (primary N) is 1. The molecular weight excluding hydrogens is 218 g/mol. The summed E-state index contributed by atoms with van der Waals surface area (Å²) in [6, 6.07) is 0. The van der Waals surface area contributed by atoms with E-state index < -0.39 is 0 Å². The first-order valence-electron chi connectivity index (χ1n) is 6.31. The van der Waals surface area contributed by atoms with E-state index in [-0.39, 0.29) is 23.5 Å². The van der Waals surface area contributed by atoms with Gasteiger partial charge in [0, 0.05) is 32.0 Å². The molecule has 1 rings (SSSR count). The molecule has 0 aromatic carbocycles. The number of Topliss-reactive ketones (excluding diaryl/α,β-unsaturated/α-hetero) is 1. The van der Waals surface area contributed by atoms with Gasteiger partial charge in [-0.15, -0.1) is 0 Å². The van der Waals surface area contributed by atoms with Crippen LogP contribution in [0.3, 0.4) is 0 Å². The molecule has 0 aliphatic heterocycles. The molecule has 5 heteroatoms. The van der Waals surface area contributed by atoms with Gasteiger partial charge in [0.05, 0.1) is 0 Å². The third-order valence-electron chi connectivity index (χ3n) is 3.49. The minimum absolute atomic E-state index is 0.0119. The summed E-state index contributed by atoms with van der Waals surface area (Å²) in [4.78, 5) is 23.9. The van der Waals surface area contributed by atoms with E-state index in [0.717, 1.165) is 25.7 Å². The molecule has 0 spiro atoms.